The van der Waals surface area contributed by atoms with E-state index in [1.807, 2.05) is 26.0 Å². The highest BCUT2D eigenvalue weighted by molar-refractivity contribution is 6.06. The average molecular weight is 355 g/mol. The number of carboxylic acids is 1. The van der Waals surface area contributed by atoms with Gasteiger partial charge in [-0.3, -0.25) is 9.59 Å². The summed E-state index contributed by atoms with van der Waals surface area (Å²) in [7, 11) is 1.57. The fourth-order valence-corrected chi connectivity index (χ4v) is 2.97. The Labute approximate surface area is 154 Å². The van der Waals surface area contributed by atoms with Gasteiger partial charge in [0.15, 0.2) is 0 Å². The molecule has 0 radical (unpaired) electrons. The van der Waals surface area contributed by atoms with E-state index in [-0.39, 0.29) is 12.3 Å². The van der Waals surface area contributed by atoms with Crippen molar-refractivity contribution in [2.45, 2.75) is 34.1 Å². The van der Waals surface area contributed by atoms with Crippen LogP contribution in [0.5, 0.6) is 5.75 Å². The molecule has 0 spiro atoms. The van der Waals surface area contributed by atoms with Crippen molar-refractivity contribution in [2.75, 3.05) is 12.4 Å². The molecule has 2 rings (SSSR count). The molecule has 1 amide bonds. The zero-order valence-electron chi connectivity index (χ0n) is 15.8. The highest BCUT2D eigenvalue weighted by Gasteiger charge is 2.30. The summed E-state index contributed by atoms with van der Waals surface area (Å²) in [5.41, 5.74) is 2.73. The first-order valence-electron chi connectivity index (χ1n) is 8.43. The lowest BCUT2D eigenvalue weighted by molar-refractivity contribution is -0.146. The lowest BCUT2D eigenvalue weighted by Gasteiger charge is -2.22. The number of anilines is 1. The maximum absolute atomic E-state index is 12.9. The van der Waals surface area contributed by atoms with Crippen LogP contribution >= 0.6 is 0 Å². The van der Waals surface area contributed by atoms with Crippen molar-refractivity contribution in [3.05, 3.63) is 58.7 Å². The van der Waals surface area contributed by atoms with Gasteiger partial charge in [0, 0.05) is 17.3 Å². The van der Waals surface area contributed by atoms with E-state index in [1.165, 1.54) is 0 Å². The second-order valence-corrected chi connectivity index (χ2v) is 7.17. The predicted molar refractivity (Wildman–Crippen MR) is 102 cm³/mol. The Kier molecular flexibility index (Phi) is 5.70. The van der Waals surface area contributed by atoms with Crippen molar-refractivity contribution in [1.82, 2.24) is 0 Å². The second kappa shape index (κ2) is 7.60. The third-order valence-electron chi connectivity index (χ3n) is 4.33. The molecule has 0 heterocycles. The molecule has 0 bridgehead atoms. The van der Waals surface area contributed by atoms with Crippen molar-refractivity contribution < 1.29 is 19.4 Å². The van der Waals surface area contributed by atoms with Crippen LogP contribution in [-0.2, 0) is 11.2 Å². The first-order valence-corrected chi connectivity index (χ1v) is 8.43. The smallest absolute Gasteiger partial charge is 0.309 e. The number of carboxylic acid groups (broad SMARTS) is 1. The van der Waals surface area contributed by atoms with Gasteiger partial charge < -0.3 is 15.2 Å². The number of aliphatic carboxylic acids is 1. The van der Waals surface area contributed by atoms with Gasteiger partial charge in [0.05, 0.1) is 12.5 Å². The summed E-state index contributed by atoms with van der Waals surface area (Å²) in [6.45, 7) is 7.13. The van der Waals surface area contributed by atoms with Crippen LogP contribution in [0.3, 0.4) is 0 Å². The molecular formula is C21H25NO4. The van der Waals surface area contributed by atoms with E-state index in [4.69, 9.17) is 4.74 Å². The summed E-state index contributed by atoms with van der Waals surface area (Å²) in [5, 5.41) is 12.3. The molecule has 0 aliphatic carbocycles. The number of hydrogen-bond acceptors (Lipinski definition) is 3. The molecule has 0 saturated carbocycles. The molecule has 0 aliphatic heterocycles. The Hall–Kier alpha value is -2.82. The van der Waals surface area contributed by atoms with Crippen molar-refractivity contribution in [3.8, 4) is 5.75 Å². The van der Waals surface area contributed by atoms with Crippen molar-refractivity contribution in [3.63, 3.8) is 0 Å². The Bertz CT molecular complexity index is 840. The van der Waals surface area contributed by atoms with E-state index in [9.17, 15) is 14.7 Å². The van der Waals surface area contributed by atoms with Gasteiger partial charge in [-0.2, -0.15) is 0 Å². The summed E-state index contributed by atoms with van der Waals surface area (Å²) in [6.07, 6.45) is 0.270. The Morgan fingerprint density at radius 1 is 1.15 bits per heavy atom. The normalized spacial score (nSPS) is 11.1. The van der Waals surface area contributed by atoms with Crippen LogP contribution in [-0.4, -0.2) is 24.1 Å². The number of amides is 1. The maximum atomic E-state index is 12.9. The Morgan fingerprint density at radius 3 is 2.46 bits per heavy atom. The van der Waals surface area contributed by atoms with Crippen molar-refractivity contribution in [2.24, 2.45) is 5.41 Å². The number of methoxy groups -OCH3 is 1. The van der Waals surface area contributed by atoms with E-state index in [1.54, 1.807) is 45.2 Å². The van der Waals surface area contributed by atoms with E-state index < -0.39 is 11.4 Å². The van der Waals surface area contributed by atoms with E-state index >= 15 is 0 Å². The second-order valence-electron chi connectivity index (χ2n) is 7.17. The van der Waals surface area contributed by atoms with Gasteiger partial charge in [0.2, 0.25) is 0 Å². The van der Waals surface area contributed by atoms with Crippen molar-refractivity contribution >= 4 is 17.6 Å². The molecule has 0 aromatic heterocycles. The van der Waals surface area contributed by atoms with Gasteiger partial charge in [-0.05, 0) is 57.4 Å². The summed E-state index contributed by atoms with van der Waals surface area (Å²) in [5.74, 6) is -0.501. The number of rotatable bonds is 6. The van der Waals surface area contributed by atoms with Crippen LogP contribution in [0.1, 0.15) is 40.9 Å². The van der Waals surface area contributed by atoms with Gasteiger partial charge >= 0.3 is 5.97 Å². The van der Waals surface area contributed by atoms with Gasteiger partial charge in [0.1, 0.15) is 5.75 Å². The Morgan fingerprint density at radius 2 is 1.85 bits per heavy atom. The number of benzene rings is 2. The molecule has 26 heavy (non-hydrogen) atoms. The predicted octanol–water partition coefficient (Wildman–Crippen LogP) is 4.22. The van der Waals surface area contributed by atoms with Gasteiger partial charge in [-0.15, -0.1) is 0 Å². The maximum Gasteiger partial charge on any atom is 0.309 e. The van der Waals surface area contributed by atoms with Crippen LogP contribution in [0, 0.1) is 19.3 Å². The molecule has 2 aromatic carbocycles. The van der Waals surface area contributed by atoms with Crippen LogP contribution in [0.25, 0.3) is 0 Å². The zero-order chi connectivity index (χ0) is 19.5. The van der Waals surface area contributed by atoms with Gasteiger partial charge in [-0.1, -0.05) is 23.8 Å². The molecule has 2 N–H and O–H groups in total. The fraction of sp³-hybridized carbons (Fsp3) is 0.333. The SMILES string of the molecule is COc1cccc(NC(=O)c2c(C)cc(C)cc2CC(C)(C)C(=O)O)c1. The fourth-order valence-electron chi connectivity index (χ4n) is 2.97. The van der Waals surface area contributed by atoms with Crippen LogP contribution < -0.4 is 10.1 Å². The van der Waals surface area contributed by atoms with Crippen LogP contribution in [0.4, 0.5) is 5.69 Å². The number of carbonyl (C=O) groups is 2. The highest BCUT2D eigenvalue weighted by atomic mass is 16.5. The summed E-state index contributed by atoms with van der Waals surface area (Å²) < 4.78 is 5.18. The summed E-state index contributed by atoms with van der Waals surface area (Å²) in [6, 6.07) is 10.9. The number of carbonyl (C=O) groups excluding carboxylic acids is 1. The minimum atomic E-state index is -0.967. The van der Waals surface area contributed by atoms with Crippen LogP contribution in [0.15, 0.2) is 36.4 Å². The molecule has 138 valence electrons. The molecule has 0 aliphatic rings. The first kappa shape index (κ1) is 19.5. The molecule has 0 saturated heterocycles. The molecule has 0 atom stereocenters. The number of hydrogen-bond donors (Lipinski definition) is 2. The number of aryl methyl sites for hydroxylation is 2. The Balaban J connectivity index is 2.40. The number of nitrogens with one attached hydrogen (secondary N) is 1. The molecule has 5 nitrogen and oxygen atoms in total. The number of ether oxygens (including phenoxy) is 1. The summed E-state index contributed by atoms with van der Waals surface area (Å²) >= 11 is 0. The van der Waals surface area contributed by atoms with Gasteiger partial charge in [-0.25, -0.2) is 0 Å². The molecule has 2 aromatic rings. The van der Waals surface area contributed by atoms with Crippen molar-refractivity contribution in [1.29, 1.82) is 0 Å². The molecule has 0 unspecified atom stereocenters. The van der Waals surface area contributed by atoms with E-state index in [2.05, 4.69) is 5.32 Å². The van der Waals surface area contributed by atoms with E-state index in [0.717, 1.165) is 16.7 Å². The quantitative estimate of drug-likeness (QED) is 0.813. The zero-order valence-corrected chi connectivity index (χ0v) is 15.8. The third kappa shape index (κ3) is 4.42. The molecule has 5 heteroatoms. The van der Waals surface area contributed by atoms with E-state index in [0.29, 0.717) is 17.0 Å². The first-order chi connectivity index (χ1) is 12.1. The topological polar surface area (TPSA) is 75.6 Å². The standard InChI is InChI=1S/C21H25NO4/c1-13-9-14(2)18(15(10-13)12-21(3,4)20(24)25)19(23)22-16-7-6-8-17(11-16)26-5/h6-11H,12H2,1-5H3,(H,22,23)(H,24,25). The third-order valence-corrected chi connectivity index (χ3v) is 4.33. The monoisotopic (exact) mass is 355 g/mol. The lowest BCUT2D eigenvalue weighted by Crippen LogP contribution is -2.28. The minimum Gasteiger partial charge on any atom is -0.497 e. The lowest BCUT2D eigenvalue weighted by atomic mass is 9.82. The molecular weight excluding hydrogens is 330 g/mol. The molecule has 0 fully saturated rings. The van der Waals surface area contributed by atoms with Crippen LogP contribution in [0.2, 0.25) is 0 Å². The van der Waals surface area contributed by atoms with Gasteiger partial charge in [0.25, 0.3) is 5.91 Å². The minimum absolute atomic E-state index is 0.257. The highest BCUT2D eigenvalue weighted by Crippen LogP contribution is 2.28. The average Bonchev–Trinajstić information content (AvgIpc) is 2.53. The largest absolute Gasteiger partial charge is 0.497 e. The summed E-state index contributed by atoms with van der Waals surface area (Å²) in [4.78, 5) is 24.4.